The van der Waals surface area contributed by atoms with Crippen LogP contribution < -0.4 is 21.1 Å². The van der Waals surface area contributed by atoms with Gasteiger partial charge in [-0.05, 0) is 12.1 Å². The van der Waals surface area contributed by atoms with E-state index in [0.29, 0.717) is 32.9 Å². The van der Waals surface area contributed by atoms with Gasteiger partial charge in [-0.1, -0.05) is 23.2 Å². The minimum absolute atomic E-state index is 0.471. The van der Waals surface area contributed by atoms with Gasteiger partial charge in [0.25, 0.3) is 0 Å². The predicted molar refractivity (Wildman–Crippen MR) is 79.9 cm³/mol. The monoisotopic (exact) mass is 295 g/mol. The maximum absolute atomic E-state index is 6.04. The van der Waals surface area contributed by atoms with Gasteiger partial charge in [0.05, 0.1) is 32.8 Å². The number of rotatable bonds is 0. The number of fused-ring (bicyclic) bond motifs is 2. The topological polar surface area (TPSA) is 64.5 Å². The second kappa shape index (κ2) is 4.11. The molecule has 2 aromatic rings. The van der Waals surface area contributed by atoms with Crippen molar-refractivity contribution < 1.29 is 4.74 Å². The highest BCUT2D eigenvalue weighted by atomic mass is 35.5. The molecular weight excluding hydrogens is 285 g/mol. The molecule has 0 bridgehead atoms. The molecule has 4 N–H and O–H groups in total. The van der Waals surface area contributed by atoms with Crippen LogP contribution in [0, 0.1) is 0 Å². The quantitative estimate of drug-likeness (QED) is 0.720. The molecule has 0 unspecified atom stereocenters. The van der Waals surface area contributed by atoms with E-state index < -0.39 is 0 Å². The first-order valence-electron chi connectivity index (χ1n) is 5.57. The van der Waals surface area contributed by atoms with Crippen LogP contribution in [0.15, 0.2) is 24.3 Å². The first kappa shape index (κ1) is 12.3. The average molecular weight is 296 g/mol. The maximum Gasteiger partial charge on any atom is 0.153 e. The summed E-state index contributed by atoms with van der Waals surface area (Å²) >= 11 is 12.1. The van der Waals surface area contributed by atoms with Crippen LogP contribution in [-0.2, 0) is 0 Å². The number of hydrogen-bond donors (Lipinski definition) is 2. The molecule has 0 atom stereocenters. The van der Waals surface area contributed by atoms with E-state index >= 15 is 0 Å². The first-order chi connectivity index (χ1) is 8.97. The van der Waals surface area contributed by atoms with Gasteiger partial charge in [-0.15, -0.1) is 0 Å². The molecule has 0 saturated carbocycles. The Hall–Kier alpha value is -1.78. The Morgan fingerprint density at radius 1 is 0.895 bits per heavy atom. The van der Waals surface area contributed by atoms with Crippen molar-refractivity contribution in [3.05, 3.63) is 34.3 Å². The molecule has 1 aliphatic rings. The number of anilines is 4. The molecular formula is C13H11Cl2N3O. The van der Waals surface area contributed by atoms with E-state index in [4.69, 9.17) is 39.4 Å². The van der Waals surface area contributed by atoms with Crippen molar-refractivity contribution in [1.82, 2.24) is 0 Å². The molecule has 0 saturated heterocycles. The SMILES string of the molecule is CN1c2cc(Cl)c(N)cc2Oc2cc(N)c(Cl)cc21. The van der Waals surface area contributed by atoms with Crippen LogP contribution in [-0.4, -0.2) is 7.05 Å². The molecule has 0 fully saturated rings. The van der Waals surface area contributed by atoms with Crippen molar-refractivity contribution in [3.8, 4) is 11.5 Å². The van der Waals surface area contributed by atoms with Crippen LogP contribution >= 0.6 is 23.2 Å². The summed E-state index contributed by atoms with van der Waals surface area (Å²) < 4.78 is 5.80. The van der Waals surface area contributed by atoms with E-state index in [1.165, 1.54) is 0 Å². The molecule has 0 spiro atoms. The molecule has 0 radical (unpaired) electrons. The maximum atomic E-state index is 6.04. The van der Waals surface area contributed by atoms with Crippen molar-refractivity contribution in [1.29, 1.82) is 0 Å². The van der Waals surface area contributed by atoms with Gasteiger partial charge >= 0.3 is 0 Å². The van der Waals surface area contributed by atoms with Crippen LogP contribution in [0.5, 0.6) is 11.5 Å². The van der Waals surface area contributed by atoms with Gasteiger partial charge in [-0.2, -0.15) is 0 Å². The summed E-state index contributed by atoms with van der Waals surface area (Å²) in [5, 5.41) is 0.971. The minimum Gasteiger partial charge on any atom is -0.453 e. The fraction of sp³-hybridized carbons (Fsp3) is 0.0769. The van der Waals surface area contributed by atoms with E-state index in [1.54, 1.807) is 24.3 Å². The largest absolute Gasteiger partial charge is 0.453 e. The van der Waals surface area contributed by atoms with E-state index in [-0.39, 0.29) is 0 Å². The highest BCUT2D eigenvalue weighted by Crippen LogP contribution is 2.49. The summed E-state index contributed by atoms with van der Waals surface area (Å²) in [7, 11) is 1.90. The number of benzene rings is 2. The first-order valence-corrected chi connectivity index (χ1v) is 6.32. The average Bonchev–Trinajstić information content (AvgIpc) is 2.35. The standard InChI is InChI=1S/C13H11Cl2N3O/c1-18-10-2-6(14)8(16)4-12(10)19-13-5-9(17)7(15)3-11(13)18/h2-5H,16-17H2,1H3. The molecule has 1 aliphatic heterocycles. The van der Waals surface area contributed by atoms with E-state index in [9.17, 15) is 0 Å². The van der Waals surface area contributed by atoms with Gasteiger partial charge in [-0.3, -0.25) is 0 Å². The Kier molecular flexibility index (Phi) is 2.66. The Morgan fingerprint density at radius 3 is 1.74 bits per heavy atom. The Labute approximate surface area is 120 Å². The Morgan fingerprint density at radius 2 is 1.32 bits per heavy atom. The molecule has 1 heterocycles. The molecule has 0 aliphatic carbocycles. The third-order valence-electron chi connectivity index (χ3n) is 3.10. The summed E-state index contributed by atoms with van der Waals surface area (Å²) in [5.74, 6) is 1.28. The molecule has 2 aromatic carbocycles. The predicted octanol–water partition coefficient (Wildman–Crippen LogP) is 4.03. The lowest BCUT2D eigenvalue weighted by Gasteiger charge is -2.30. The second-order valence-electron chi connectivity index (χ2n) is 4.34. The number of nitrogen functional groups attached to an aromatic ring is 2. The van der Waals surface area contributed by atoms with Gasteiger partial charge in [0, 0.05) is 19.2 Å². The van der Waals surface area contributed by atoms with Gasteiger partial charge in [0.1, 0.15) is 0 Å². The fourth-order valence-electron chi connectivity index (χ4n) is 2.05. The van der Waals surface area contributed by atoms with Gasteiger partial charge in [0.2, 0.25) is 0 Å². The molecule has 98 valence electrons. The summed E-state index contributed by atoms with van der Waals surface area (Å²) in [4.78, 5) is 1.94. The zero-order valence-electron chi connectivity index (χ0n) is 10.1. The lowest BCUT2D eigenvalue weighted by atomic mass is 10.1. The molecule has 19 heavy (non-hydrogen) atoms. The van der Waals surface area contributed by atoms with Crippen LogP contribution in [0.25, 0.3) is 0 Å². The summed E-state index contributed by atoms with van der Waals surface area (Å²) in [6.07, 6.45) is 0. The van der Waals surface area contributed by atoms with Crippen molar-refractivity contribution >= 4 is 46.0 Å². The van der Waals surface area contributed by atoms with Crippen molar-refractivity contribution in [2.24, 2.45) is 0 Å². The molecule has 0 aromatic heterocycles. The van der Waals surface area contributed by atoms with Gasteiger partial charge < -0.3 is 21.1 Å². The van der Waals surface area contributed by atoms with E-state index in [0.717, 1.165) is 11.4 Å². The fourth-order valence-corrected chi connectivity index (χ4v) is 2.37. The normalized spacial score (nSPS) is 12.7. The van der Waals surface area contributed by atoms with Crippen molar-refractivity contribution in [3.63, 3.8) is 0 Å². The second-order valence-corrected chi connectivity index (χ2v) is 5.16. The van der Waals surface area contributed by atoms with E-state index in [2.05, 4.69) is 0 Å². The zero-order valence-corrected chi connectivity index (χ0v) is 11.6. The number of nitrogens with two attached hydrogens (primary N) is 2. The van der Waals surface area contributed by atoms with Gasteiger partial charge in [0.15, 0.2) is 11.5 Å². The minimum atomic E-state index is 0.471. The van der Waals surface area contributed by atoms with E-state index in [1.807, 2.05) is 11.9 Å². The van der Waals surface area contributed by atoms with Crippen LogP contribution in [0.4, 0.5) is 22.7 Å². The zero-order chi connectivity index (χ0) is 13.7. The van der Waals surface area contributed by atoms with Crippen LogP contribution in [0.2, 0.25) is 10.0 Å². The highest BCUT2D eigenvalue weighted by Gasteiger charge is 2.24. The molecule has 3 rings (SSSR count). The van der Waals surface area contributed by atoms with Crippen molar-refractivity contribution in [2.75, 3.05) is 23.4 Å². The summed E-state index contributed by atoms with van der Waals surface area (Å²) in [5.41, 5.74) is 14.2. The molecule has 4 nitrogen and oxygen atoms in total. The molecule has 6 heteroatoms. The number of hydrogen-bond acceptors (Lipinski definition) is 4. The van der Waals surface area contributed by atoms with Crippen LogP contribution in [0.3, 0.4) is 0 Å². The summed E-state index contributed by atoms with van der Waals surface area (Å²) in [6, 6.07) is 6.92. The Bertz CT molecular complexity index is 631. The van der Waals surface area contributed by atoms with Crippen LogP contribution in [0.1, 0.15) is 0 Å². The number of ether oxygens (including phenoxy) is 1. The third-order valence-corrected chi connectivity index (χ3v) is 3.75. The Balaban J connectivity index is 2.20. The lowest BCUT2D eigenvalue weighted by molar-refractivity contribution is 0.476. The van der Waals surface area contributed by atoms with Crippen molar-refractivity contribution in [2.45, 2.75) is 0 Å². The summed E-state index contributed by atoms with van der Waals surface area (Å²) in [6.45, 7) is 0. The number of halogens is 2. The smallest absolute Gasteiger partial charge is 0.153 e. The lowest BCUT2D eigenvalue weighted by Crippen LogP contribution is -2.16. The third kappa shape index (κ3) is 1.84. The highest BCUT2D eigenvalue weighted by molar-refractivity contribution is 6.34. The molecule has 0 amide bonds. The van der Waals surface area contributed by atoms with Gasteiger partial charge in [-0.25, -0.2) is 0 Å². The number of nitrogens with zero attached hydrogens (tertiary/aromatic N) is 1.